The summed E-state index contributed by atoms with van der Waals surface area (Å²) in [5, 5.41) is 8.37. The first kappa shape index (κ1) is 12.8. The van der Waals surface area contributed by atoms with Crippen molar-refractivity contribution in [1.29, 1.82) is 0 Å². The number of anilines is 1. The van der Waals surface area contributed by atoms with E-state index < -0.39 is 0 Å². The molecule has 0 N–H and O–H groups in total. The molecule has 0 aliphatic rings. The van der Waals surface area contributed by atoms with Crippen LogP contribution >= 0.6 is 11.5 Å². The molecular formula is C12H16N4OS. The van der Waals surface area contributed by atoms with Crippen LogP contribution < -0.4 is 9.64 Å². The van der Waals surface area contributed by atoms with Gasteiger partial charge in [0, 0.05) is 25.1 Å². The van der Waals surface area contributed by atoms with E-state index in [9.17, 15) is 0 Å². The number of nitrogens with zero attached hydrogens (tertiary/aromatic N) is 4. The predicted molar refractivity (Wildman–Crippen MR) is 72.3 cm³/mol. The molecular weight excluding hydrogens is 248 g/mol. The minimum absolute atomic E-state index is 0.780. The summed E-state index contributed by atoms with van der Waals surface area (Å²) in [5.41, 5.74) is 3.52. The third-order valence-electron chi connectivity index (χ3n) is 2.76. The predicted octanol–water partition coefficient (Wildman–Crippen LogP) is 2.19. The van der Waals surface area contributed by atoms with Gasteiger partial charge in [-0.25, -0.2) is 0 Å². The molecule has 0 saturated carbocycles. The largest absolute Gasteiger partial charge is 0.496 e. The Bertz CT molecular complexity index is 504. The van der Waals surface area contributed by atoms with Crippen LogP contribution in [0.4, 0.5) is 5.13 Å². The Morgan fingerprint density at radius 2 is 1.94 bits per heavy atom. The number of methoxy groups -OCH3 is 1. The number of aryl methyl sites for hydroxylation is 2. The van der Waals surface area contributed by atoms with Crippen molar-refractivity contribution in [3.63, 3.8) is 0 Å². The van der Waals surface area contributed by atoms with E-state index in [1.165, 1.54) is 17.1 Å². The van der Waals surface area contributed by atoms with E-state index in [1.54, 1.807) is 7.11 Å². The third kappa shape index (κ3) is 2.59. The first-order chi connectivity index (χ1) is 8.61. The highest BCUT2D eigenvalue weighted by Crippen LogP contribution is 2.25. The second-order valence-electron chi connectivity index (χ2n) is 4.26. The maximum Gasteiger partial charge on any atom is 0.227 e. The van der Waals surface area contributed by atoms with E-state index in [0.717, 1.165) is 28.6 Å². The van der Waals surface area contributed by atoms with Crippen LogP contribution in [0.15, 0.2) is 12.1 Å². The number of ether oxygens (including phenoxy) is 1. The van der Waals surface area contributed by atoms with Gasteiger partial charge in [0.15, 0.2) is 0 Å². The van der Waals surface area contributed by atoms with Crippen molar-refractivity contribution in [3.8, 4) is 5.75 Å². The maximum absolute atomic E-state index is 5.36. The molecule has 0 aliphatic heterocycles. The van der Waals surface area contributed by atoms with Crippen molar-refractivity contribution in [2.45, 2.75) is 20.4 Å². The minimum atomic E-state index is 0.780. The van der Waals surface area contributed by atoms with Gasteiger partial charge in [-0.3, -0.25) is 0 Å². The van der Waals surface area contributed by atoms with Crippen LogP contribution in [0.25, 0.3) is 0 Å². The second kappa shape index (κ2) is 5.30. The minimum Gasteiger partial charge on any atom is -0.496 e. The molecule has 96 valence electrons. The molecule has 0 fully saturated rings. The molecule has 1 aromatic heterocycles. The number of aromatic nitrogens is 3. The monoisotopic (exact) mass is 264 g/mol. The van der Waals surface area contributed by atoms with Gasteiger partial charge < -0.3 is 9.64 Å². The van der Waals surface area contributed by atoms with Gasteiger partial charge in [0.1, 0.15) is 5.75 Å². The van der Waals surface area contributed by atoms with Crippen molar-refractivity contribution in [2.75, 3.05) is 19.1 Å². The van der Waals surface area contributed by atoms with Gasteiger partial charge in [0.25, 0.3) is 0 Å². The lowest BCUT2D eigenvalue weighted by Crippen LogP contribution is -2.16. The van der Waals surface area contributed by atoms with E-state index >= 15 is 0 Å². The topological polar surface area (TPSA) is 51.1 Å². The van der Waals surface area contributed by atoms with Crippen molar-refractivity contribution < 1.29 is 4.74 Å². The molecule has 18 heavy (non-hydrogen) atoms. The van der Waals surface area contributed by atoms with Crippen molar-refractivity contribution in [1.82, 2.24) is 14.8 Å². The fourth-order valence-electron chi connectivity index (χ4n) is 2.07. The SMILES string of the molecule is COc1c(C)cc(CN(C)c2nnns2)cc1C. The molecule has 2 rings (SSSR count). The van der Waals surface area contributed by atoms with Crippen LogP contribution in [-0.2, 0) is 6.54 Å². The van der Waals surface area contributed by atoms with Gasteiger partial charge >= 0.3 is 0 Å². The molecule has 0 atom stereocenters. The van der Waals surface area contributed by atoms with Crippen LogP contribution in [0, 0.1) is 13.8 Å². The lowest BCUT2D eigenvalue weighted by molar-refractivity contribution is 0.408. The summed E-state index contributed by atoms with van der Waals surface area (Å²) >= 11 is 1.30. The Morgan fingerprint density at radius 1 is 1.28 bits per heavy atom. The molecule has 0 unspecified atom stereocenters. The molecule has 1 heterocycles. The molecule has 5 nitrogen and oxygen atoms in total. The van der Waals surface area contributed by atoms with Crippen molar-refractivity contribution in [3.05, 3.63) is 28.8 Å². The average molecular weight is 264 g/mol. The van der Waals surface area contributed by atoms with Gasteiger partial charge in [-0.05, 0) is 35.8 Å². The number of rotatable bonds is 4. The quantitative estimate of drug-likeness (QED) is 0.847. The Kier molecular flexibility index (Phi) is 3.76. The van der Waals surface area contributed by atoms with Crippen LogP contribution in [0.2, 0.25) is 0 Å². The van der Waals surface area contributed by atoms with Crippen LogP contribution in [0.1, 0.15) is 16.7 Å². The normalized spacial score (nSPS) is 10.4. The molecule has 0 aliphatic carbocycles. The fraction of sp³-hybridized carbons (Fsp3) is 0.417. The first-order valence-electron chi connectivity index (χ1n) is 5.62. The Balaban J connectivity index is 2.20. The molecule has 0 radical (unpaired) electrons. The van der Waals surface area contributed by atoms with E-state index in [2.05, 4.69) is 40.8 Å². The number of benzene rings is 1. The zero-order valence-corrected chi connectivity index (χ0v) is 11.8. The maximum atomic E-state index is 5.36. The smallest absolute Gasteiger partial charge is 0.227 e. The lowest BCUT2D eigenvalue weighted by Gasteiger charge is -2.17. The van der Waals surface area contributed by atoms with Crippen LogP contribution in [-0.4, -0.2) is 29.0 Å². The Labute approximate surface area is 111 Å². The molecule has 0 bridgehead atoms. The third-order valence-corrected chi connectivity index (χ3v) is 3.47. The lowest BCUT2D eigenvalue weighted by atomic mass is 10.1. The van der Waals surface area contributed by atoms with Gasteiger partial charge in [-0.1, -0.05) is 21.7 Å². The average Bonchev–Trinajstić information content (AvgIpc) is 2.81. The zero-order valence-electron chi connectivity index (χ0n) is 11.0. The van der Waals surface area contributed by atoms with E-state index in [4.69, 9.17) is 4.74 Å². The fourth-order valence-corrected chi connectivity index (χ4v) is 2.49. The Morgan fingerprint density at radius 3 is 2.44 bits per heavy atom. The van der Waals surface area contributed by atoms with Gasteiger partial charge in [0.05, 0.1) is 7.11 Å². The van der Waals surface area contributed by atoms with E-state index in [1.807, 2.05) is 11.9 Å². The van der Waals surface area contributed by atoms with Crippen LogP contribution in [0.5, 0.6) is 5.75 Å². The van der Waals surface area contributed by atoms with Crippen LogP contribution in [0.3, 0.4) is 0 Å². The van der Waals surface area contributed by atoms with E-state index in [0.29, 0.717) is 0 Å². The van der Waals surface area contributed by atoms with Crippen molar-refractivity contribution in [2.24, 2.45) is 0 Å². The summed E-state index contributed by atoms with van der Waals surface area (Å²) < 4.78 is 9.13. The summed E-state index contributed by atoms with van der Waals surface area (Å²) in [6.45, 7) is 4.90. The van der Waals surface area contributed by atoms with Gasteiger partial charge in [-0.2, -0.15) is 0 Å². The molecule has 2 aromatic rings. The number of hydrogen-bond acceptors (Lipinski definition) is 6. The summed E-state index contributed by atoms with van der Waals surface area (Å²) in [6, 6.07) is 4.27. The molecule has 6 heteroatoms. The summed E-state index contributed by atoms with van der Waals surface area (Å²) in [4.78, 5) is 2.03. The van der Waals surface area contributed by atoms with Gasteiger partial charge in [-0.15, -0.1) is 0 Å². The summed E-state index contributed by atoms with van der Waals surface area (Å²) in [6.07, 6.45) is 0. The highest BCUT2D eigenvalue weighted by Gasteiger charge is 2.09. The summed E-state index contributed by atoms with van der Waals surface area (Å²) in [7, 11) is 3.69. The molecule has 1 aromatic carbocycles. The van der Waals surface area contributed by atoms with Crippen molar-refractivity contribution >= 4 is 16.7 Å². The molecule has 0 spiro atoms. The van der Waals surface area contributed by atoms with E-state index in [-0.39, 0.29) is 0 Å². The standard InChI is InChI=1S/C12H16N4OS/c1-8-5-10(6-9(2)11(8)17-4)7-16(3)12-13-14-15-18-12/h5-6H,7H2,1-4H3. The van der Waals surface area contributed by atoms with Gasteiger partial charge in [0.2, 0.25) is 5.13 Å². The Hall–Kier alpha value is -1.69. The molecule has 0 amide bonds. The highest BCUT2D eigenvalue weighted by molar-refractivity contribution is 7.09. The number of hydrogen-bond donors (Lipinski definition) is 0. The summed E-state index contributed by atoms with van der Waals surface area (Å²) in [5.74, 6) is 0.957. The highest BCUT2D eigenvalue weighted by atomic mass is 32.1. The second-order valence-corrected chi connectivity index (χ2v) is 4.97. The molecule has 0 saturated heterocycles. The zero-order chi connectivity index (χ0) is 13.1. The first-order valence-corrected chi connectivity index (χ1v) is 6.39.